The summed E-state index contributed by atoms with van der Waals surface area (Å²) in [5.41, 5.74) is -0.475. The first kappa shape index (κ1) is 22.7. The van der Waals surface area contributed by atoms with E-state index in [0.717, 1.165) is 0 Å². The van der Waals surface area contributed by atoms with Crippen LogP contribution in [0.3, 0.4) is 0 Å². The first-order valence-electron chi connectivity index (χ1n) is 8.77. The standard InChI is InChI=1S/C18H28N2O7/c1-5-13(8-12(2)11-21)19-18(22)14-9-16(26-4)17(27-7-6-25-3)10-15(14)20(23)24/h9-10,12-13,21H,5-8,11H2,1-4H3,(H,19,22)/t12-,13-/m0/s1. The van der Waals surface area contributed by atoms with E-state index >= 15 is 0 Å². The largest absolute Gasteiger partial charge is 0.493 e. The van der Waals surface area contributed by atoms with E-state index in [1.807, 2.05) is 13.8 Å². The van der Waals surface area contributed by atoms with E-state index in [4.69, 9.17) is 14.2 Å². The van der Waals surface area contributed by atoms with Crippen LogP contribution in [0, 0.1) is 16.0 Å². The van der Waals surface area contributed by atoms with Crippen molar-refractivity contribution in [3.8, 4) is 11.5 Å². The minimum absolute atomic E-state index is 0.00779. The van der Waals surface area contributed by atoms with Gasteiger partial charge in [0.25, 0.3) is 11.6 Å². The highest BCUT2D eigenvalue weighted by molar-refractivity contribution is 5.99. The number of aliphatic hydroxyl groups excluding tert-OH is 1. The molecule has 0 heterocycles. The Balaban J connectivity index is 3.12. The zero-order valence-electron chi connectivity index (χ0n) is 16.2. The number of hydrogen-bond acceptors (Lipinski definition) is 7. The first-order chi connectivity index (χ1) is 12.9. The number of benzene rings is 1. The van der Waals surface area contributed by atoms with Crippen LogP contribution in [0.4, 0.5) is 5.69 Å². The third kappa shape index (κ3) is 6.69. The second-order valence-electron chi connectivity index (χ2n) is 6.22. The van der Waals surface area contributed by atoms with Crippen molar-refractivity contribution in [1.82, 2.24) is 5.32 Å². The van der Waals surface area contributed by atoms with E-state index < -0.39 is 10.8 Å². The van der Waals surface area contributed by atoms with E-state index in [1.165, 1.54) is 26.4 Å². The zero-order valence-corrected chi connectivity index (χ0v) is 16.2. The van der Waals surface area contributed by atoms with Gasteiger partial charge in [-0.25, -0.2) is 0 Å². The molecule has 0 radical (unpaired) electrons. The lowest BCUT2D eigenvalue weighted by Crippen LogP contribution is -2.36. The number of rotatable bonds is 12. The smallest absolute Gasteiger partial charge is 0.286 e. The number of nitro groups is 1. The fraction of sp³-hybridized carbons (Fsp3) is 0.611. The first-order valence-corrected chi connectivity index (χ1v) is 8.77. The monoisotopic (exact) mass is 384 g/mol. The number of carbonyl (C=O) groups is 1. The van der Waals surface area contributed by atoms with Gasteiger partial charge in [-0.2, -0.15) is 0 Å². The van der Waals surface area contributed by atoms with Crippen LogP contribution in [0.2, 0.25) is 0 Å². The van der Waals surface area contributed by atoms with Crippen LogP contribution in [-0.4, -0.2) is 56.0 Å². The van der Waals surface area contributed by atoms with Crippen LogP contribution in [0.15, 0.2) is 12.1 Å². The number of nitro benzene ring substituents is 1. The molecule has 0 fully saturated rings. The predicted octanol–water partition coefficient (Wildman–Crippen LogP) is 2.16. The highest BCUT2D eigenvalue weighted by Crippen LogP contribution is 2.35. The Kier molecular flexibility index (Phi) is 9.52. The van der Waals surface area contributed by atoms with Gasteiger partial charge in [-0.1, -0.05) is 13.8 Å². The number of carbonyl (C=O) groups excluding carboxylic acids is 1. The van der Waals surface area contributed by atoms with E-state index in [0.29, 0.717) is 19.4 Å². The molecule has 1 amide bonds. The number of ether oxygens (including phenoxy) is 3. The lowest BCUT2D eigenvalue weighted by molar-refractivity contribution is -0.385. The van der Waals surface area contributed by atoms with Gasteiger partial charge in [-0.15, -0.1) is 0 Å². The van der Waals surface area contributed by atoms with Crippen LogP contribution in [0.25, 0.3) is 0 Å². The highest BCUT2D eigenvalue weighted by atomic mass is 16.6. The number of hydrogen-bond donors (Lipinski definition) is 2. The maximum absolute atomic E-state index is 12.7. The molecule has 0 aliphatic rings. The van der Waals surface area contributed by atoms with Gasteiger partial charge in [0.05, 0.1) is 24.7 Å². The maximum atomic E-state index is 12.7. The average molecular weight is 384 g/mol. The molecule has 0 aromatic heterocycles. The molecular weight excluding hydrogens is 356 g/mol. The van der Waals surface area contributed by atoms with Crippen molar-refractivity contribution in [1.29, 1.82) is 0 Å². The van der Waals surface area contributed by atoms with Gasteiger partial charge in [-0.05, 0) is 18.8 Å². The molecule has 0 saturated heterocycles. The van der Waals surface area contributed by atoms with Crippen molar-refractivity contribution < 1.29 is 29.0 Å². The number of amides is 1. The molecule has 0 bridgehead atoms. The van der Waals surface area contributed by atoms with Crippen molar-refractivity contribution in [2.75, 3.05) is 34.0 Å². The van der Waals surface area contributed by atoms with E-state index in [2.05, 4.69) is 5.32 Å². The minimum Gasteiger partial charge on any atom is -0.493 e. The number of aliphatic hydroxyl groups is 1. The molecule has 1 rings (SSSR count). The summed E-state index contributed by atoms with van der Waals surface area (Å²) >= 11 is 0. The quantitative estimate of drug-likeness (QED) is 0.322. The third-order valence-corrected chi connectivity index (χ3v) is 4.09. The van der Waals surface area contributed by atoms with Gasteiger partial charge < -0.3 is 24.6 Å². The van der Waals surface area contributed by atoms with Crippen molar-refractivity contribution in [3.05, 3.63) is 27.8 Å². The van der Waals surface area contributed by atoms with E-state index in [9.17, 15) is 20.0 Å². The molecule has 152 valence electrons. The molecule has 0 unspecified atom stereocenters. The number of nitrogens with zero attached hydrogens (tertiary/aromatic N) is 1. The average Bonchev–Trinajstić information content (AvgIpc) is 2.66. The second-order valence-corrected chi connectivity index (χ2v) is 6.22. The number of nitrogens with one attached hydrogen (secondary N) is 1. The van der Waals surface area contributed by atoms with Crippen molar-refractivity contribution in [2.45, 2.75) is 32.7 Å². The molecular formula is C18H28N2O7. The normalized spacial score (nSPS) is 12.9. The van der Waals surface area contributed by atoms with Crippen molar-refractivity contribution in [3.63, 3.8) is 0 Å². The zero-order chi connectivity index (χ0) is 20.4. The lowest BCUT2D eigenvalue weighted by atomic mass is 10.00. The fourth-order valence-corrected chi connectivity index (χ4v) is 2.54. The van der Waals surface area contributed by atoms with Crippen molar-refractivity contribution >= 4 is 11.6 Å². The molecule has 0 spiro atoms. The van der Waals surface area contributed by atoms with E-state index in [1.54, 1.807) is 0 Å². The molecule has 1 aromatic rings. The van der Waals surface area contributed by atoms with Gasteiger partial charge in [0.15, 0.2) is 11.5 Å². The van der Waals surface area contributed by atoms with E-state index in [-0.39, 0.29) is 47.9 Å². The predicted molar refractivity (Wildman–Crippen MR) is 99.4 cm³/mol. The van der Waals surface area contributed by atoms with Crippen LogP contribution >= 0.6 is 0 Å². The molecule has 0 aliphatic heterocycles. The summed E-state index contributed by atoms with van der Waals surface area (Å²) in [7, 11) is 2.90. The Morgan fingerprint density at radius 2 is 2.00 bits per heavy atom. The van der Waals surface area contributed by atoms with Gasteiger partial charge in [-0.3, -0.25) is 14.9 Å². The molecule has 1 aromatic carbocycles. The topological polar surface area (TPSA) is 120 Å². The third-order valence-electron chi connectivity index (χ3n) is 4.09. The summed E-state index contributed by atoms with van der Waals surface area (Å²) < 4.78 is 15.6. The molecule has 27 heavy (non-hydrogen) atoms. The summed E-state index contributed by atoms with van der Waals surface area (Å²) in [6.07, 6.45) is 1.21. The van der Waals surface area contributed by atoms with Gasteiger partial charge in [0.1, 0.15) is 12.2 Å². The van der Waals surface area contributed by atoms with Gasteiger partial charge >= 0.3 is 0 Å². The van der Waals surface area contributed by atoms with Gasteiger partial charge in [0.2, 0.25) is 0 Å². The summed E-state index contributed by atoms with van der Waals surface area (Å²) in [6, 6.07) is 2.28. The Labute approximate surface area is 158 Å². The molecule has 9 heteroatoms. The molecule has 0 saturated carbocycles. The van der Waals surface area contributed by atoms with Gasteiger partial charge in [0, 0.05) is 25.8 Å². The second kappa shape index (κ2) is 11.3. The van der Waals surface area contributed by atoms with Crippen LogP contribution in [0.1, 0.15) is 37.0 Å². The molecule has 2 N–H and O–H groups in total. The highest BCUT2D eigenvalue weighted by Gasteiger charge is 2.26. The van der Waals surface area contributed by atoms with Crippen LogP contribution < -0.4 is 14.8 Å². The molecule has 2 atom stereocenters. The SMILES string of the molecule is CC[C@@H](C[C@H](C)CO)NC(=O)c1cc(OC)c(OCCOC)cc1[N+](=O)[O-]. The summed E-state index contributed by atoms with van der Waals surface area (Å²) in [4.78, 5) is 23.5. The summed E-state index contributed by atoms with van der Waals surface area (Å²) in [6.45, 7) is 4.27. The molecule has 0 aliphatic carbocycles. The maximum Gasteiger partial charge on any atom is 0.286 e. The Bertz CT molecular complexity index is 636. The minimum atomic E-state index is -0.630. The lowest BCUT2D eigenvalue weighted by Gasteiger charge is -2.20. The Morgan fingerprint density at radius 1 is 1.30 bits per heavy atom. The fourth-order valence-electron chi connectivity index (χ4n) is 2.54. The molecule has 9 nitrogen and oxygen atoms in total. The Morgan fingerprint density at radius 3 is 2.52 bits per heavy atom. The van der Waals surface area contributed by atoms with Crippen LogP contribution in [-0.2, 0) is 4.74 Å². The number of methoxy groups -OCH3 is 2. The summed E-state index contributed by atoms with van der Waals surface area (Å²) in [5, 5.41) is 23.4. The van der Waals surface area contributed by atoms with Crippen molar-refractivity contribution in [2.24, 2.45) is 5.92 Å². The van der Waals surface area contributed by atoms with Crippen LogP contribution in [0.5, 0.6) is 11.5 Å². The summed E-state index contributed by atoms with van der Waals surface area (Å²) in [5.74, 6) is -0.172. The Hall–Kier alpha value is -2.39.